The maximum Gasteiger partial charge on any atom is 0.177 e. The first-order valence-electron chi connectivity index (χ1n) is 6.82. The van der Waals surface area contributed by atoms with Crippen LogP contribution in [-0.4, -0.2) is 27.2 Å². The monoisotopic (exact) mass is 302 g/mol. The molecule has 0 atom stereocenters. The van der Waals surface area contributed by atoms with Crippen LogP contribution in [0.4, 0.5) is 0 Å². The molecule has 1 aliphatic heterocycles. The first kappa shape index (κ1) is 14.0. The summed E-state index contributed by atoms with van der Waals surface area (Å²) in [5.41, 5.74) is 9.99. The minimum absolute atomic E-state index is 0.770. The fourth-order valence-corrected chi connectivity index (χ4v) is 2.63. The van der Waals surface area contributed by atoms with Crippen LogP contribution in [0.2, 0.25) is 0 Å². The number of aryl methyl sites for hydroxylation is 2. The van der Waals surface area contributed by atoms with Crippen LogP contribution in [0.5, 0.6) is 0 Å². The van der Waals surface area contributed by atoms with Crippen molar-refractivity contribution in [2.45, 2.75) is 25.8 Å². The summed E-state index contributed by atoms with van der Waals surface area (Å²) in [5.74, 6) is 0.791. The van der Waals surface area contributed by atoms with Gasteiger partial charge in [0.05, 0.1) is 17.4 Å². The molecule has 2 N–H and O–H groups in total. The Balaban J connectivity index is 2.06. The average Bonchev–Trinajstić information content (AvgIpc) is 3.07. The molecule has 0 saturated heterocycles. The fraction of sp³-hybridized carbons (Fsp3) is 0.286. The Hall–Kier alpha value is -1.99. The van der Waals surface area contributed by atoms with Gasteiger partial charge in [-0.2, -0.15) is 5.10 Å². The number of hydrazine groups is 2. The molecule has 21 heavy (non-hydrogen) atoms. The molecule has 0 saturated carbocycles. The van der Waals surface area contributed by atoms with Crippen LogP contribution in [0, 0.1) is 13.8 Å². The zero-order chi connectivity index (χ0) is 15.0. The van der Waals surface area contributed by atoms with Gasteiger partial charge in [0.1, 0.15) is 5.03 Å². The highest BCUT2D eigenvalue weighted by atomic mass is 32.1. The van der Waals surface area contributed by atoms with Crippen molar-refractivity contribution < 1.29 is 0 Å². The van der Waals surface area contributed by atoms with Crippen LogP contribution in [-0.2, 0) is 0 Å². The number of hydrogen-bond donors (Lipinski definition) is 3. The molecule has 110 valence electrons. The van der Waals surface area contributed by atoms with Crippen molar-refractivity contribution in [3.63, 3.8) is 0 Å². The van der Waals surface area contributed by atoms with Gasteiger partial charge < -0.3 is 0 Å². The lowest BCUT2D eigenvalue weighted by Gasteiger charge is -2.16. The maximum atomic E-state index is 4.65. The summed E-state index contributed by atoms with van der Waals surface area (Å²) in [6.07, 6.45) is 1.79. The van der Waals surface area contributed by atoms with Gasteiger partial charge in [-0.05, 0) is 38.0 Å². The standard InChI is InChI=1S/C14H18N6S/c1-4-19-13(16-17-18-19)11-8-15-20(14(11)21)12-7-9(2)5-6-10(12)3/h5-8,17-18,21H,4H2,1-3H3. The number of hydrogen-bond acceptors (Lipinski definition) is 6. The van der Waals surface area contributed by atoms with Crippen LogP contribution in [0.3, 0.4) is 0 Å². The van der Waals surface area contributed by atoms with Gasteiger partial charge in [-0.15, -0.1) is 23.3 Å². The molecule has 0 radical (unpaired) electrons. The van der Waals surface area contributed by atoms with E-state index in [-0.39, 0.29) is 0 Å². The van der Waals surface area contributed by atoms with Gasteiger partial charge in [-0.25, -0.2) is 10.2 Å². The van der Waals surface area contributed by atoms with Gasteiger partial charge in [-0.3, -0.25) is 5.01 Å². The fourth-order valence-electron chi connectivity index (χ4n) is 2.31. The van der Waals surface area contributed by atoms with E-state index in [0.717, 1.165) is 34.2 Å². The van der Waals surface area contributed by atoms with Crippen molar-refractivity contribution in [2.75, 3.05) is 6.54 Å². The largest absolute Gasteiger partial charge is 0.271 e. The quantitative estimate of drug-likeness (QED) is 0.757. The number of rotatable bonds is 3. The summed E-state index contributed by atoms with van der Waals surface area (Å²) in [6.45, 7) is 6.97. The van der Waals surface area contributed by atoms with E-state index >= 15 is 0 Å². The van der Waals surface area contributed by atoms with E-state index in [1.807, 2.05) is 16.6 Å². The molecule has 3 rings (SSSR count). The van der Waals surface area contributed by atoms with E-state index in [9.17, 15) is 0 Å². The maximum absolute atomic E-state index is 4.65. The number of hydrazone groups is 1. The molecule has 2 heterocycles. The zero-order valence-electron chi connectivity index (χ0n) is 12.3. The zero-order valence-corrected chi connectivity index (χ0v) is 13.1. The van der Waals surface area contributed by atoms with Crippen LogP contribution < -0.4 is 11.1 Å². The van der Waals surface area contributed by atoms with Crippen LogP contribution in [0.25, 0.3) is 5.69 Å². The lowest BCUT2D eigenvalue weighted by Crippen LogP contribution is -2.40. The summed E-state index contributed by atoms with van der Waals surface area (Å²) in [6, 6.07) is 6.29. The van der Waals surface area contributed by atoms with Crippen LogP contribution in [0.1, 0.15) is 23.6 Å². The Morgan fingerprint density at radius 2 is 2.10 bits per heavy atom. The van der Waals surface area contributed by atoms with Crippen molar-refractivity contribution in [3.05, 3.63) is 41.1 Å². The first-order chi connectivity index (χ1) is 10.1. The molecule has 6 nitrogen and oxygen atoms in total. The van der Waals surface area contributed by atoms with Gasteiger partial charge in [-0.1, -0.05) is 12.1 Å². The summed E-state index contributed by atoms with van der Waals surface area (Å²) in [7, 11) is 0. The van der Waals surface area contributed by atoms with Gasteiger partial charge >= 0.3 is 0 Å². The molecule has 0 amide bonds. The molecule has 1 aliphatic rings. The van der Waals surface area contributed by atoms with Crippen LogP contribution in [0.15, 0.2) is 34.5 Å². The van der Waals surface area contributed by atoms with Crippen molar-refractivity contribution in [3.8, 4) is 5.69 Å². The molecule has 7 heteroatoms. The van der Waals surface area contributed by atoms with E-state index in [2.05, 4.69) is 65.9 Å². The minimum atomic E-state index is 0.770. The third-order valence-corrected chi connectivity index (χ3v) is 3.93. The number of nitrogens with one attached hydrogen (secondary N) is 2. The third-order valence-electron chi connectivity index (χ3n) is 3.50. The van der Waals surface area contributed by atoms with Crippen molar-refractivity contribution in [1.29, 1.82) is 0 Å². The number of amidine groups is 1. The highest BCUT2D eigenvalue weighted by Gasteiger charge is 2.22. The topological polar surface area (TPSA) is 57.5 Å². The summed E-state index contributed by atoms with van der Waals surface area (Å²) < 4.78 is 1.84. The van der Waals surface area contributed by atoms with Crippen molar-refractivity contribution >= 4 is 18.5 Å². The van der Waals surface area contributed by atoms with Gasteiger partial charge in [0, 0.05) is 6.54 Å². The number of aromatic nitrogens is 2. The molecule has 1 aromatic carbocycles. The molecule has 0 spiro atoms. The lowest BCUT2D eigenvalue weighted by molar-refractivity contribution is 0.308. The van der Waals surface area contributed by atoms with E-state index < -0.39 is 0 Å². The predicted molar refractivity (Wildman–Crippen MR) is 85.5 cm³/mol. The van der Waals surface area contributed by atoms with Gasteiger partial charge in [0.2, 0.25) is 0 Å². The molecule has 0 fully saturated rings. The van der Waals surface area contributed by atoms with Crippen LogP contribution >= 0.6 is 12.6 Å². The highest BCUT2D eigenvalue weighted by molar-refractivity contribution is 7.80. The average molecular weight is 302 g/mol. The molecule has 2 aromatic rings. The number of benzene rings is 1. The molecule has 0 aliphatic carbocycles. The minimum Gasteiger partial charge on any atom is -0.271 e. The number of thiol groups is 1. The van der Waals surface area contributed by atoms with E-state index in [1.54, 1.807) is 6.20 Å². The number of nitrogens with zero attached hydrogens (tertiary/aromatic N) is 4. The molecule has 1 aromatic heterocycles. The molecule has 0 bridgehead atoms. The molecule has 0 unspecified atom stereocenters. The summed E-state index contributed by atoms with van der Waals surface area (Å²) in [5, 5.41) is 11.4. The van der Waals surface area contributed by atoms with E-state index in [0.29, 0.717) is 0 Å². The summed E-state index contributed by atoms with van der Waals surface area (Å²) in [4.78, 5) is 0. The molecular formula is C14H18N6S. The van der Waals surface area contributed by atoms with Crippen molar-refractivity contribution in [2.24, 2.45) is 5.10 Å². The molecular weight excluding hydrogens is 284 g/mol. The highest BCUT2D eigenvalue weighted by Crippen LogP contribution is 2.23. The normalized spacial score (nSPS) is 14.3. The predicted octanol–water partition coefficient (Wildman–Crippen LogP) is 1.78. The van der Waals surface area contributed by atoms with E-state index in [1.165, 1.54) is 5.56 Å². The second-order valence-electron chi connectivity index (χ2n) is 4.99. The SMILES string of the molecule is CCN1NNN=C1c1cnn(-c2cc(C)ccc2C)c1S. The third kappa shape index (κ3) is 2.38. The summed E-state index contributed by atoms with van der Waals surface area (Å²) >= 11 is 4.65. The Morgan fingerprint density at radius 1 is 1.29 bits per heavy atom. The first-order valence-corrected chi connectivity index (χ1v) is 7.27. The Labute approximate surface area is 129 Å². The lowest BCUT2D eigenvalue weighted by atomic mass is 10.1. The Kier molecular flexibility index (Phi) is 3.60. The van der Waals surface area contributed by atoms with Crippen molar-refractivity contribution in [1.82, 2.24) is 25.9 Å². The van der Waals surface area contributed by atoms with E-state index in [4.69, 9.17) is 0 Å². The Bertz CT molecular complexity index is 705. The van der Waals surface area contributed by atoms with Gasteiger partial charge in [0.25, 0.3) is 0 Å². The second-order valence-corrected chi connectivity index (χ2v) is 5.41. The van der Waals surface area contributed by atoms with Gasteiger partial charge in [0.15, 0.2) is 5.84 Å². The smallest absolute Gasteiger partial charge is 0.177 e. The second kappa shape index (κ2) is 5.42. The Morgan fingerprint density at radius 3 is 2.86 bits per heavy atom.